The number of anilines is 1. The largest absolute Gasteiger partial charge is 0.476 e. The van der Waals surface area contributed by atoms with Crippen LogP contribution in [0.15, 0.2) is 36.7 Å². The average molecular weight is 354 g/mol. The summed E-state index contributed by atoms with van der Waals surface area (Å²) in [6.07, 6.45) is 5.37. The van der Waals surface area contributed by atoms with Gasteiger partial charge in [0.25, 0.3) is 0 Å². The number of amides is 1. The second-order valence-electron chi connectivity index (χ2n) is 6.90. The molecule has 0 aliphatic carbocycles. The molecule has 0 bridgehead atoms. The van der Waals surface area contributed by atoms with Gasteiger partial charge in [0.05, 0.1) is 18.8 Å². The van der Waals surface area contributed by atoms with Crippen LogP contribution in [0.3, 0.4) is 0 Å². The van der Waals surface area contributed by atoms with E-state index < -0.39 is 0 Å². The molecule has 6 nitrogen and oxygen atoms in total. The van der Waals surface area contributed by atoms with Crippen LogP contribution in [0.4, 0.5) is 5.69 Å². The first-order chi connectivity index (χ1) is 12.6. The van der Waals surface area contributed by atoms with Crippen molar-refractivity contribution in [2.45, 2.75) is 26.7 Å². The average Bonchev–Trinajstić information content (AvgIpc) is 2.62. The van der Waals surface area contributed by atoms with E-state index >= 15 is 0 Å². The standard InChI is InChI=1S/C20H26N4O2/c1-15-4-3-5-18(12-15)23-19(25)13-24-10-6-17(7-11-24)14-26-20-16(2)21-8-9-22-20/h3-5,8-9,12,17H,6-7,10-11,13-14H2,1-2H3,(H,23,25). The third kappa shape index (κ3) is 5.26. The number of benzene rings is 1. The number of ether oxygens (including phenoxy) is 1. The number of carbonyl (C=O) groups excluding carboxylic acids is 1. The molecule has 0 radical (unpaired) electrons. The summed E-state index contributed by atoms with van der Waals surface area (Å²) in [5.41, 5.74) is 2.82. The molecule has 1 fully saturated rings. The third-order valence-corrected chi connectivity index (χ3v) is 4.67. The van der Waals surface area contributed by atoms with Gasteiger partial charge in [0.15, 0.2) is 0 Å². The van der Waals surface area contributed by atoms with Gasteiger partial charge >= 0.3 is 0 Å². The minimum Gasteiger partial charge on any atom is -0.476 e. The summed E-state index contributed by atoms with van der Waals surface area (Å²) >= 11 is 0. The smallest absolute Gasteiger partial charge is 0.238 e. The van der Waals surface area contributed by atoms with Crippen LogP contribution in [0, 0.1) is 19.8 Å². The van der Waals surface area contributed by atoms with Crippen molar-refractivity contribution < 1.29 is 9.53 Å². The highest BCUT2D eigenvalue weighted by atomic mass is 16.5. The van der Waals surface area contributed by atoms with E-state index in [0.717, 1.165) is 42.9 Å². The number of likely N-dealkylation sites (tertiary alicyclic amines) is 1. The van der Waals surface area contributed by atoms with Gasteiger partial charge in [-0.2, -0.15) is 0 Å². The molecule has 2 aromatic rings. The zero-order valence-corrected chi connectivity index (χ0v) is 15.4. The number of nitrogens with zero attached hydrogens (tertiary/aromatic N) is 3. The van der Waals surface area contributed by atoms with E-state index in [4.69, 9.17) is 4.74 Å². The predicted octanol–water partition coefficient (Wildman–Crippen LogP) is 2.82. The van der Waals surface area contributed by atoms with Gasteiger partial charge in [0.1, 0.15) is 0 Å². The Balaban J connectivity index is 1.39. The molecule has 1 aromatic carbocycles. The Morgan fingerprint density at radius 2 is 2.00 bits per heavy atom. The van der Waals surface area contributed by atoms with Crippen LogP contribution >= 0.6 is 0 Å². The molecular weight excluding hydrogens is 328 g/mol. The maximum Gasteiger partial charge on any atom is 0.238 e. The minimum atomic E-state index is 0.0421. The van der Waals surface area contributed by atoms with Crippen LogP contribution in [0.5, 0.6) is 5.88 Å². The van der Waals surface area contributed by atoms with Crippen LogP contribution in [-0.4, -0.2) is 47.0 Å². The second-order valence-corrected chi connectivity index (χ2v) is 6.90. The van der Waals surface area contributed by atoms with E-state index in [2.05, 4.69) is 20.2 Å². The highest BCUT2D eigenvalue weighted by molar-refractivity contribution is 5.92. The Morgan fingerprint density at radius 3 is 2.73 bits per heavy atom. The summed E-state index contributed by atoms with van der Waals surface area (Å²) < 4.78 is 5.81. The summed E-state index contributed by atoms with van der Waals surface area (Å²) in [5.74, 6) is 1.15. The molecule has 2 heterocycles. The van der Waals surface area contributed by atoms with Crippen LogP contribution in [0.25, 0.3) is 0 Å². The van der Waals surface area contributed by atoms with Gasteiger partial charge in [-0.25, -0.2) is 4.98 Å². The van der Waals surface area contributed by atoms with Crippen LogP contribution in [0.2, 0.25) is 0 Å². The number of piperidine rings is 1. The molecule has 0 spiro atoms. The Bertz CT molecular complexity index is 742. The topological polar surface area (TPSA) is 67.4 Å². The van der Waals surface area contributed by atoms with Crippen LogP contribution < -0.4 is 10.1 Å². The van der Waals surface area contributed by atoms with Gasteiger partial charge < -0.3 is 10.1 Å². The Kier molecular flexibility index (Phi) is 6.17. The molecule has 1 aromatic heterocycles. The lowest BCUT2D eigenvalue weighted by Gasteiger charge is -2.31. The Labute approximate surface area is 154 Å². The van der Waals surface area contributed by atoms with Crippen molar-refractivity contribution in [3.05, 3.63) is 47.9 Å². The highest BCUT2D eigenvalue weighted by Crippen LogP contribution is 2.19. The van der Waals surface area contributed by atoms with Crippen molar-refractivity contribution in [1.29, 1.82) is 0 Å². The van der Waals surface area contributed by atoms with E-state index in [1.165, 1.54) is 0 Å². The van der Waals surface area contributed by atoms with E-state index in [0.29, 0.717) is 24.9 Å². The first kappa shape index (κ1) is 18.3. The molecule has 1 aliphatic rings. The maximum atomic E-state index is 12.2. The molecule has 0 atom stereocenters. The summed E-state index contributed by atoms with van der Waals surface area (Å²) in [5, 5.41) is 2.97. The molecule has 138 valence electrons. The van der Waals surface area contributed by atoms with Crippen molar-refractivity contribution in [2.24, 2.45) is 5.92 Å². The molecule has 1 saturated heterocycles. The number of hydrogen-bond acceptors (Lipinski definition) is 5. The van der Waals surface area contributed by atoms with Crippen molar-refractivity contribution in [3.8, 4) is 5.88 Å². The minimum absolute atomic E-state index is 0.0421. The normalized spacial score (nSPS) is 15.6. The molecule has 1 N–H and O–H groups in total. The Morgan fingerprint density at radius 1 is 1.23 bits per heavy atom. The first-order valence-corrected chi connectivity index (χ1v) is 9.09. The molecule has 6 heteroatoms. The number of aromatic nitrogens is 2. The lowest BCUT2D eigenvalue weighted by Crippen LogP contribution is -2.40. The number of carbonyl (C=O) groups is 1. The van der Waals surface area contributed by atoms with Gasteiger partial charge in [-0.15, -0.1) is 0 Å². The predicted molar refractivity (Wildman–Crippen MR) is 101 cm³/mol. The summed E-state index contributed by atoms with van der Waals surface area (Å²) in [4.78, 5) is 22.8. The number of hydrogen-bond donors (Lipinski definition) is 1. The number of nitrogens with one attached hydrogen (secondary N) is 1. The summed E-state index contributed by atoms with van der Waals surface area (Å²) in [7, 11) is 0. The number of rotatable bonds is 6. The van der Waals surface area contributed by atoms with Crippen molar-refractivity contribution in [2.75, 3.05) is 31.6 Å². The zero-order valence-electron chi connectivity index (χ0n) is 15.4. The van der Waals surface area contributed by atoms with Gasteiger partial charge in [-0.1, -0.05) is 12.1 Å². The molecule has 1 amide bonds. The quantitative estimate of drug-likeness (QED) is 0.864. The van der Waals surface area contributed by atoms with Gasteiger partial charge in [0.2, 0.25) is 11.8 Å². The monoisotopic (exact) mass is 354 g/mol. The second kappa shape index (κ2) is 8.76. The number of aryl methyl sites for hydroxylation is 2. The van der Waals surface area contributed by atoms with Crippen molar-refractivity contribution in [1.82, 2.24) is 14.9 Å². The first-order valence-electron chi connectivity index (χ1n) is 9.09. The van der Waals surface area contributed by atoms with Crippen molar-refractivity contribution >= 4 is 11.6 Å². The molecular formula is C20H26N4O2. The van der Waals surface area contributed by atoms with E-state index in [1.54, 1.807) is 12.4 Å². The van der Waals surface area contributed by atoms with Crippen molar-refractivity contribution in [3.63, 3.8) is 0 Å². The summed E-state index contributed by atoms with van der Waals surface area (Å²) in [6.45, 7) is 6.83. The highest BCUT2D eigenvalue weighted by Gasteiger charge is 2.21. The fourth-order valence-corrected chi connectivity index (χ4v) is 3.17. The summed E-state index contributed by atoms with van der Waals surface area (Å²) in [6, 6.07) is 7.87. The fourth-order valence-electron chi connectivity index (χ4n) is 3.17. The fraction of sp³-hybridized carbons (Fsp3) is 0.450. The van der Waals surface area contributed by atoms with Gasteiger partial charge in [0, 0.05) is 18.1 Å². The molecule has 26 heavy (non-hydrogen) atoms. The third-order valence-electron chi connectivity index (χ3n) is 4.67. The zero-order chi connectivity index (χ0) is 18.4. The van der Waals surface area contributed by atoms with E-state index in [1.807, 2.05) is 38.1 Å². The van der Waals surface area contributed by atoms with E-state index in [9.17, 15) is 4.79 Å². The molecule has 3 rings (SSSR count). The maximum absolute atomic E-state index is 12.2. The molecule has 1 aliphatic heterocycles. The van der Waals surface area contributed by atoms with Crippen LogP contribution in [-0.2, 0) is 4.79 Å². The molecule has 0 unspecified atom stereocenters. The van der Waals surface area contributed by atoms with Gasteiger partial charge in [-0.05, 0) is 63.4 Å². The molecule has 0 saturated carbocycles. The van der Waals surface area contributed by atoms with Gasteiger partial charge in [-0.3, -0.25) is 14.7 Å². The van der Waals surface area contributed by atoms with E-state index in [-0.39, 0.29) is 5.91 Å². The SMILES string of the molecule is Cc1cccc(NC(=O)CN2CCC(COc3nccnc3C)CC2)c1. The lowest BCUT2D eigenvalue weighted by molar-refractivity contribution is -0.117. The van der Waals surface area contributed by atoms with Crippen LogP contribution in [0.1, 0.15) is 24.1 Å². The Hall–Kier alpha value is -2.47. The lowest BCUT2D eigenvalue weighted by atomic mass is 9.98.